The minimum Gasteiger partial charge on any atom is -0.480 e. The molecule has 0 aliphatic rings. The van der Waals surface area contributed by atoms with Crippen molar-refractivity contribution in [1.82, 2.24) is 0 Å². The van der Waals surface area contributed by atoms with Gasteiger partial charge in [-0.2, -0.15) is 0 Å². The number of aliphatic hydroxyl groups is 1. The summed E-state index contributed by atoms with van der Waals surface area (Å²) in [5, 5.41) is 19.9. The second kappa shape index (κ2) is 5.41. The summed E-state index contributed by atoms with van der Waals surface area (Å²) in [5.41, 5.74) is -0.985. The van der Waals surface area contributed by atoms with E-state index in [4.69, 9.17) is 33.0 Å². The Balaban J connectivity index is 2.53. The minimum absolute atomic E-state index is 0.171. The number of carbonyl (C=O) groups is 1. The Hall–Kier alpha value is -1.01. The van der Waals surface area contributed by atoms with Gasteiger partial charge in [0, 0.05) is 4.88 Å². The monoisotopic (exact) mass is 334 g/mol. The zero-order chi connectivity index (χ0) is 15.1. The van der Waals surface area contributed by atoms with Gasteiger partial charge in [-0.3, -0.25) is 0 Å². The number of halogens is 2. The molecule has 0 aliphatic carbocycles. The van der Waals surface area contributed by atoms with Crippen LogP contribution in [0.3, 0.4) is 0 Å². The largest absolute Gasteiger partial charge is 0.480 e. The average Bonchev–Trinajstić information content (AvgIpc) is 2.75. The van der Waals surface area contributed by atoms with E-state index in [1.807, 2.05) is 0 Å². The molecular weight excluding hydrogens is 323 g/mol. The van der Waals surface area contributed by atoms with Crippen LogP contribution in [0.4, 0.5) is 0 Å². The Labute approximate surface area is 129 Å². The summed E-state index contributed by atoms with van der Waals surface area (Å²) in [6.45, 7) is 2.86. The van der Waals surface area contributed by atoms with Crippen molar-refractivity contribution in [3.05, 3.63) is 27.1 Å². The maximum absolute atomic E-state index is 10.5. The first-order valence-electron chi connectivity index (χ1n) is 5.69. The van der Waals surface area contributed by atoms with Crippen LogP contribution in [0, 0.1) is 0 Å². The molecule has 0 spiro atoms. The van der Waals surface area contributed by atoms with Gasteiger partial charge < -0.3 is 14.9 Å². The van der Waals surface area contributed by atoms with E-state index in [0.29, 0.717) is 5.02 Å². The minimum atomic E-state index is -1.10. The fraction of sp³-hybridized carbons (Fsp3) is 0.308. The number of hydrogen-bond donors (Lipinski definition) is 2. The highest BCUT2D eigenvalue weighted by Crippen LogP contribution is 2.44. The molecule has 0 fully saturated rings. The van der Waals surface area contributed by atoms with E-state index in [1.165, 1.54) is 11.3 Å². The van der Waals surface area contributed by atoms with Crippen LogP contribution >= 0.6 is 34.5 Å². The number of fused-ring (bicyclic) bond motifs is 1. The van der Waals surface area contributed by atoms with Crippen LogP contribution in [0.5, 0.6) is 5.75 Å². The standard InChI is InChI=1S/C13H12Cl2O4S/c1-13(2,18)8-4-6-3-7(19-5-9(16)17)10(14)11(15)12(6)20-8/h3-4,18H,5H2,1-2H3,(H,16,17). The van der Waals surface area contributed by atoms with Crippen molar-refractivity contribution in [2.45, 2.75) is 19.4 Å². The molecule has 1 aromatic heterocycles. The summed E-state index contributed by atoms with van der Waals surface area (Å²) in [7, 11) is 0. The third-order valence-corrected chi connectivity index (χ3v) is 5.05. The van der Waals surface area contributed by atoms with Crippen LogP contribution in [0.2, 0.25) is 10.0 Å². The molecule has 4 nitrogen and oxygen atoms in total. The number of ether oxygens (including phenoxy) is 1. The lowest BCUT2D eigenvalue weighted by Gasteiger charge is -2.13. The van der Waals surface area contributed by atoms with Gasteiger partial charge in [-0.25, -0.2) is 4.79 Å². The van der Waals surface area contributed by atoms with Crippen molar-refractivity contribution in [3.8, 4) is 5.75 Å². The first-order chi connectivity index (χ1) is 9.20. The van der Waals surface area contributed by atoms with Gasteiger partial charge in [-0.05, 0) is 31.4 Å². The molecular formula is C13H12Cl2O4S. The van der Waals surface area contributed by atoms with E-state index in [0.717, 1.165) is 15.0 Å². The Bertz CT molecular complexity index is 673. The number of carboxylic acid groups (broad SMARTS) is 1. The van der Waals surface area contributed by atoms with E-state index < -0.39 is 18.2 Å². The highest BCUT2D eigenvalue weighted by atomic mass is 35.5. The Morgan fingerprint density at radius 1 is 1.35 bits per heavy atom. The summed E-state index contributed by atoms with van der Waals surface area (Å²) in [5.74, 6) is -0.883. The molecule has 0 saturated carbocycles. The van der Waals surface area contributed by atoms with Crippen LogP contribution in [-0.4, -0.2) is 22.8 Å². The van der Waals surface area contributed by atoms with E-state index in [2.05, 4.69) is 0 Å². The highest BCUT2D eigenvalue weighted by molar-refractivity contribution is 7.20. The second-order valence-corrected chi connectivity index (χ2v) is 6.58. The number of rotatable bonds is 4. The van der Waals surface area contributed by atoms with Gasteiger partial charge in [0.25, 0.3) is 0 Å². The fourth-order valence-corrected chi connectivity index (χ4v) is 3.30. The zero-order valence-electron chi connectivity index (χ0n) is 10.7. The van der Waals surface area contributed by atoms with Crippen LogP contribution in [0.15, 0.2) is 12.1 Å². The van der Waals surface area contributed by atoms with Crippen molar-refractivity contribution in [1.29, 1.82) is 0 Å². The van der Waals surface area contributed by atoms with Crippen LogP contribution in [0.1, 0.15) is 18.7 Å². The van der Waals surface area contributed by atoms with Crippen LogP contribution in [0.25, 0.3) is 10.1 Å². The van der Waals surface area contributed by atoms with Crippen molar-refractivity contribution in [3.63, 3.8) is 0 Å². The first-order valence-corrected chi connectivity index (χ1v) is 7.26. The topological polar surface area (TPSA) is 66.8 Å². The number of hydrogen-bond acceptors (Lipinski definition) is 4. The summed E-state index contributed by atoms with van der Waals surface area (Å²) in [4.78, 5) is 11.3. The molecule has 1 heterocycles. The zero-order valence-corrected chi connectivity index (χ0v) is 13.1. The molecule has 0 atom stereocenters. The van der Waals surface area contributed by atoms with Crippen LogP contribution < -0.4 is 4.74 Å². The molecule has 2 N–H and O–H groups in total. The van der Waals surface area contributed by atoms with Crippen molar-refractivity contribution < 1.29 is 19.7 Å². The third kappa shape index (κ3) is 3.01. The molecule has 2 rings (SSSR count). The maximum Gasteiger partial charge on any atom is 0.341 e. The number of thiophene rings is 1. The molecule has 7 heteroatoms. The van der Waals surface area contributed by atoms with Crippen LogP contribution in [-0.2, 0) is 10.4 Å². The Kier molecular flexibility index (Phi) is 4.16. The van der Waals surface area contributed by atoms with Gasteiger partial charge >= 0.3 is 5.97 Å². The number of aliphatic carboxylic acids is 1. The number of benzene rings is 1. The van der Waals surface area contributed by atoms with Crippen molar-refractivity contribution in [2.24, 2.45) is 0 Å². The second-order valence-electron chi connectivity index (χ2n) is 4.77. The van der Waals surface area contributed by atoms with E-state index in [1.54, 1.807) is 26.0 Å². The molecule has 20 heavy (non-hydrogen) atoms. The molecule has 0 aliphatic heterocycles. The molecule has 0 saturated heterocycles. The number of carboxylic acids is 1. The maximum atomic E-state index is 10.5. The average molecular weight is 335 g/mol. The van der Waals surface area contributed by atoms with Gasteiger partial charge in [-0.15, -0.1) is 11.3 Å². The van der Waals surface area contributed by atoms with E-state index in [-0.39, 0.29) is 10.8 Å². The molecule has 0 bridgehead atoms. The summed E-state index contributed by atoms with van der Waals surface area (Å²) < 4.78 is 5.84. The predicted octanol–water partition coefficient (Wildman–Crippen LogP) is 3.90. The van der Waals surface area contributed by atoms with E-state index in [9.17, 15) is 9.90 Å². The van der Waals surface area contributed by atoms with Crippen molar-refractivity contribution >= 4 is 50.6 Å². The Morgan fingerprint density at radius 2 is 2.00 bits per heavy atom. The predicted molar refractivity (Wildman–Crippen MR) is 80.2 cm³/mol. The highest BCUT2D eigenvalue weighted by Gasteiger charge is 2.22. The Morgan fingerprint density at radius 3 is 2.55 bits per heavy atom. The first kappa shape index (κ1) is 15.4. The summed E-state index contributed by atoms with van der Waals surface area (Å²) in [6, 6.07) is 3.41. The van der Waals surface area contributed by atoms with Gasteiger partial charge in [0.2, 0.25) is 0 Å². The fourth-order valence-electron chi connectivity index (χ4n) is 1.64. The van der Waals surface area contributed by atoms with Gasteiger partial charge in [0.15, 0.2) is 6.61 Å². The SMILES string of the molecule is CC(C)(O)c1cc2cc(OCC(=O)O)c(Cl)c(Cl)c2s1. The smallest absolute Gasteiger partial charge is 0.341 e. The normalized spacial score (nSPS) is 11.8. The van der Waals surface area contributed by atoms with Gasteiger partial charge in [0.1, 0.15) is 10.8 Å². The van der Waals surface area contributed by atoms with Gasteiger partial charge in [0.05, 0.1) is 15.3 Å². The molecule has 0 unspecified atom stereocenters. The van der Waals surface area contributed by atoms with Crippen molar-refractivity contribution in [2.75, 3.05) is 6.61 Å². The summed E-state index contributed by atoms with van der Waals surface area (Å²) in [6.07, 6.45) is 0. The third-order valence-electron chi connectivity index (χ3n) is 2.61. The summed E-state index contributed by atoms with van der Waals surface area (Å²) >= 11 is 13.6. The molecule has 0 radical (unpaired) electrons. The molecule has 2 aromatic rings. The lowest BCUT2D eigenvalue weighted by atomic mass is 10.1. The lowest BCUT2D eigenvalue weighted by Crippen LogP contribution is -2.12. The lowest BCUT2D eigenvalue weighted by molar-refractivity contribution is -0.139. The van der Waals surface area contributed by atoms with Gasteiger partial charge in [-0.1, -0.05) is 23.2 Å². The molecule has 108 valence electrons. The molecule has 0 amide bonds. The molecule has 1 aromatic carbocycles. The quantitative estimate of drug-likeness (QED) is 0.889. The van der Waals surface area contributed by atoms with E-state index >= 15 is 0 Å².